The highest BCUT2D eigenvalue weighted by Gasteiger charge is 2.32. The molecule has 2 aromatic carbocycles. The fraction of sp³-hybridized carbons (Fsp3) is 0.0556. The van der Waals surface area contributed by atoms with Crippen LogP contribution in [-0.2, 0) is 4.57 Å². The number of thiophene rings is 1. The maximum atomic E-state index is 13.0. The van der Waals surface area contributed by atoms with Crippen LogP contribution in [0, 0.1) is 6.92 Å². The summed E-state index contributed by atoms with van der Waals surface area (Å²) in [7, 11) is -1.79. The van der Waals surface area contributed by atoms with Crippen molar-refractivity contribution >= 4 is 46.5 Å². The Bertz CT molecular complexity index is 894. The second-order valence-electron chi connectivity index (χ2n) is 5.19. The van der Waals surface area contributed by atoms with Gasteiger partial charge < -0.3 is 5.73 Å². The molecule has 6 heteroatoms. The fourth-order valence-corrected chi connectivity index (χ4v) is 4.89. The molecule has 2 amide bonds. The first-order valence-corrected chi connectivity index (χ1v) is 9.48. The van der Waals surface area contributed by atoms with Gasteiger partial charge in [-0.3, -0.25) is 4.90 Å². The van der Waals surface area contributed by atoms with Crippen molar-refractivity contribution in [3.05, 3.63) is 71.6 Å². The van der Waals surface area contributed by atoms with Gasteiger partial charge in [-0.05, 0) is 42.1 Å². The third-order valence-electron chi connectivity index (χ3n) is 3.62. The lowest BCUT2D eigenvalue weighted by Gasteiger charge is -2.22. The number of para-hydroxylation sites is 2. The van der Waals surface area contributed by atoms with Crippen LogP contribution in [0.25, 0.3) is 0 Å². The zero-order valence-electron chi connectivity index (χ0n) is 13.0. The predicted octanol–water partition coefficient (Wildman–Crippen LogP) is 4.05. The quantitative estimate of drug-likeness (QED) is 0.718. The summed E-state index contributed by atoms with van der Waals surface area (Å²) >= 11 is 1.44. The molecule has 0 radical (unpaired) electrons. The number of hydrogen-bond acceptors (Lipinski definition) is 3. The molecule has 1 aromatic heterocycles. The molecule has 0 aliphatic heterocycles. The summed E-state index contributed by atoms with van der Waals surface area (Å²) in [5, 5.41) is 2.48. The molecule has 4 nitrogen and oxygen atoms in total. The fourth-order valence-electron chi connectivity index (χ4n) is 2.51. The molecule has 0 aliphatic rings. The standard InChI is InChI=1S/C18H15N2O2PS/c1-13-7-2-3-8-14(13)20(18(19)21)15-9-4-5-10-16(15)23(22)17-11-6-12-24-17/h2-12H,1H3,(H-,19,21)/p+1. The number of primary amides is 1. The van der Waals surface area contributed by atoms with Crippen LogP contribution in [0.15, 0.2) is 66.0 Å². The van der Waals surface area contributed by atoms with Gasteiger partial charge in [0, 0.05) is 6.07 Å². The van der Waals surface area contributed by atoms with Crippen LogP contribution in [0.1, 0.15) is 5.56 Å². The average molecular weight is 355 g/mol. The van der Waals surface area contributed by atoms with Crippen molar-refractivity contribution in [1.29, 1.82) is 0 Å². The number of hydrogen-bond donors (Lipinski definition) is 1. The normalized spacial score (nSPS) is 11.1. The summed E-state index contributed by atoms with van der Waals surface area (Å²) < 4.78 is 13.7. The monoisotopic (exact) mass is 355 g/mol. The third-order valence-corrected chi connectivity index (χ3v) is 6.47. The van der Waals surface area contributed by atoms with Gasteiger partial charge in [-0.1, -0.05) is 46.2 Å². The number of amides is 2. The molecule has 0 saturated carbocycles. The number of rotatable bonds is 4. The first kappa shape index (κ1) is 16.4. The second-order valence-corrected chi connectivity index (χ2v) is 8.00. The van der Waals surface area contributed by atoms with E-state index in [1.165, 1.54) is 16.2 Å². The molecular formula is C18H16N2O2PS+. The Morgan fingerprint density at radius 1 is 1.00 bits per heavy atom. The molecule has 0 bridgehead atoms. The van der Waals surface area contributed by atoms with Crippen LogP contribution in [0.3, 0.4) is 0 Å². The van der Waals surface area contributed by atoms with E-state index in [1.54, 1.807) is 12.1 Å². The molecular weight excluding hydrogens is 339 g/mol. The smallest absolute Gasteiger partial charge is 0.351 e. The highest BCUT2D eigenvalue weighted by molar-refractivity contribution is 7.68. The largest absolute Gasteiger partial charge is 0.428 e. The summed E-state index contributed by atoms with van der Waals surface area (Å²) in [4.78, 5) is 13.6. The molecule has 0 aliphatic carbocycles. The molecule has 24 heavy (non-hydrogen) atoms. The molecule has 1 unspecified atom stereocenters. The molecule has 1 atom stereocenters. The van der Waals surface area contributed by atoms with Crippen LogP contribution in [0.4, 0.5) is 16.2 Å². The van der Waals surface area contributed by atoms with Gasteiger partial charge in [0.25, 0.3) is 0 Å². The molecule has 120 valence electrons. The summed E-state index contributed by atoms with van der Waals surface area (Å²) in [6, 6.07) is 17.8. The minimum absolute atomic E-state index is 0.550. The van der Waals surface area contributed by atoms with Gasteiger partial charge >= 0.3 is 13.8 Å². The van der Waals surface area contributed by atoms with Gasteiger partial charge in [0.15, 0.2) is 0 Å². The molecule has 0 fully saturated rings. The Balaban J connectivity index is 2.15. The van der Waals surface area contributed by atoms with Gasteiger partial charge in [-0.2, -0.15) is 0 Å². The predicted molar refractivity (Wildman–Crippen MR) is 101 cm³/mol. The second kappa shape index (κ2) is 6.95. The Kier molecular flexibility index (Phi) is 4.74. The topological polar surface area (TPSA) is 63.4 Å². The highest BCUT2D eigenvalue weighted by atomic mass is 32.1. The molecule has 0 spiro atoms. The number of nitrogens with zero attached hydrogens (tertiary/aromatic N) is 1. The van der Waals surface area contributed by atoms with E-state index < -0.39 is 13.8 Å². The van der Waals surface area contributed by atoms with Gasteiger partial charge in [-0.25, -0.2) is 4.79 Å². The first-order valence-electron chi connectivity index (χ1n) is 7.34. The Hall–Kier alpha value is -2.49. The SMILES string of the molecule is Cc1ccccc1N(C(N)=O)c1ccccc1[P+](=O)c1cccs1. The molecule has 3 rings (SSSR count). The van der Waals surface area contributed by atoms with Gasteiger partial charge in [0.1, 0.15) is 5.69 Å². The Labute approximate surface area is 145 Å². The molecule has 2 N–H and O–H groups in total. The molecule has 3 aromatic rings. The maximum Gasteiger partial charge on any atom is 0.428 e. The zero-order valence-corrected chi connectivity index (χ0v) is 14.8. The van der Waals surface area contributed by atoms with Crippen LogP contribution >= 0.6 is 19.1 Å². The number of nitrogens with two attached hydrogens (primary N) is 1. The number of carbonyl (C=O) groups is 1. The van der Waals surface area contributed by atoms with E-state index in [1.807, 2.05) is 60.8 Å². The van der Waals surface area contributed by atoms with Crippen molar-refractivity contribution in [3.63, 3.8) is 0 Å². The lowest BCUT2D eigenvalue weighted by atomic mass is 10.1. The summed E-state index contributed by atoms with van der Waals surface area (Å²) in [5.74, 6) is 0. The highest BCUT2D eigenvalue weighted by Crippen LogP contribution is 2.33. The van der Waals surface area contributed by atoms with Gasteiger partial charge in [0.05, 0.1) is 5.69 Å². The summed E-state index contributed by atoms with van der Waals surface area (Å²) in [6.07, 6.45) is 0. The Morgan fingerprint density at radius 3 is 2.29 bits per heavy atom. The van der Waals surface area contributed by atoms with Crippen molar-refractivity contribution in [1.82, 2.24) is 0 Å². The zero-order chi connectivity index (χ0) is 17.1. The number of carbonyl (C=O) groups excluding carboxylic acids is 1. The maximum absolute atomic E-state index is 13.0. The van der Waals surface area contributed by atoms with Gasteiger partial charge in [0.2, 0.25) is 9.92 Å². The van der Waals surface area contributed by atoms with Gasteiger partial charge in [-0.15, -0.1) is 0 Å². The minimum atomic E-state index is -1.79. The number of urea groups is 1. The van der Waals surface area contributed by atoms with Crippen LogP contribution in [0.5, 0.6) is 0 Å². The van der Waals surface area contributed by atoms with E-state index in [2.05, 4.69) is 0 Å². The Morgan fingerprint density at radius 2 is 1.67 bits per heavy atom. The van der Waals surface area contributed by atoms with E-state index >= 15 is 0 Å². The minimum Gasteiger partial charge on any atom is -0.351 e. The van der Waals surface area contributed by atoms with Crippen molar-refractivity contribution < 1.29 is 9.36 Å². The molecule has 0 saturated heterocycles. The van der Waals surface area contributed by atoms with Crippen molar-refractivity contribution in [2.45, 2.75) is 6.92 Å². The van der Waals surface area contributed by atoms with Crippen molar-refractivity contribution in [2.24, 2.45) is 5.73 Å². The van der Waals surface area contributed by atoms with Crippen LogP contribution in [-0.4, -0.2) is 6.03 Å². The first-order chi connectivity index (χ1) is 11.6. The van der Waals surface area contributed by atoms with E-state index in [0.29, 0.717) is 16.7 Å². The summed E-state index contributed by atoms with van der Waals surface area (Å²) in [5.41, 5.74) is 7.80. The number of aryl methyl sites for hydroxylation is 1. The van der Waals surface area contributed by atoms with E-state index in [0.717, 1.165) is 10.2 Å². The number of benzene rings is 2. The number of anilines is 2. The lowest BCUT2D eigenvalue weighted by molar-refractivity contribution is 0.256. The third kappa shape index (κ3) is 3.09. The van der Waals surface area contributed by atoms with E-state index in [-0.39, 0.29) is 0 Å². The van der Waals surface area contributed by atoms with Crippen molar-refractivity contribution in [3.8, 4) is 0 Å². The van der Waals surface area contributed by atoms with Crippen molar-refractivity contribution in [2.75, 3.05) is 4.90 Å². The molecule has 1 heterocycles. The van der Waals surface area contributed by atoms with E-state index in [9.17, 15) is 9.36 Å². The summed E-state index contributed by atoms with van der Waals surface area (Å²) in [6.45, 7) is 1.91. The average Bonchev–Trinajstić information content (AvgIpc) is 3.11. The van der Waals surface area contributed by atoms with Crippen LogP contribution in [0.2, 0.25) is 0 Å². The lowest BCUT2D eigenvalue weighted by Crippen LogP contribution is -2.34. The van der Waals surface area contributed by atoms with E-state index in [4.69, 9.17) is 5.73 Å². The van der Waals surface area contributed by atoms with Crippen LogP contribution < -0.4 is 20.6 Å².